The highest BCUT2D eigenvalue weighted by molar-refractivity contribution is 5.79. The van der Waals surface area contributed by atoms with E-state index in [2.05, 4.69) is 41.1 Å². The first-order valence-corrected chi connectivity index (χ1v) is 11.9. The zero-order chi connectivity index (χ0) is 24.5. The number of aromatic nitrogens is 1. The fourth-order valence-corrected chi connectivity index (χ4v) is 4.01. The quantitative estimate of drug-likeness (QED) is 0.403. The maximum absolute atomic E-state index is 6.10. The molecule has 7 nitrogen and oxygen atoms in total. The predicted octanol–water partition coefficient (Wildman–Crippen LogP) is 4.48. The van der Waals surface area contributed by atoms with Crippen molar-refractivity contribution in [2.75, 3.05) is 52.0 Å². The molecule has 7 heteroatoms. The Morgan fingerprint density at radius 3 is 2.60 bits per heavy atom. The third-order valence-corrected chi connectivity index (χ3v) is 5.84. The van der Waals surface area contributed by atoms with E-state index in [1.54, 1.807) is 14.2 Å². The lowest BCUT2D eigenvalue weighted by Crippen LogP contribution is -2.36. The van der Waals surface area contributed by atoms with Crippen molar-refractivity contribution in [3.8, 4) is 17.4 Å². The summed E-state index contributed by atoms with van der Waals surface area (Å²) in [5.74, 6) is 2.04. The normalized spacial score (nSPS) is 13.7. The molecule has 0 radical (unpaired) electrons. The molecule has 0 saturated carbocycles. The van der Waals surface area contributed by atoms with Crippen LogP contribution in [0.1, 0.15) is 22.4 Å². The fourth-order valence-electron chi connectivity index (χ4n) is 4.01. The lowest BCUT2D eigenvalue weighted by Gasteiger charge is -2.29. The van der Waals surface area contributed by atoms with Crippen LogP contribution in [0.3, 0.4) is 0 Å². The van der Waals surface area contributed by atoms with Crippen molar-refractivity contribution < 1.29 is 18.9 Å². The summed E-state index contributed by atoms with van der Waals surface area (Å²) in [6, 6.07) is 18.3. The van der Waals surface area contributed by atoms with Gasteiger partial charge in [0, 0.05) is 37.5 Å². The van der Waals surface area contributed by atoms with E-state index in [1.807, 2.05) is 36.5 Å². The number of hydrogen-bond donors (Lipinski definition) is 0. The molecule has 0 amide bonds. The molecule has 0 atom stereocenters. The molecule has 0 N–H and O–H groups in total. The lowest BCUT2D eigenvalue weighted by atomic mass is 10.1. The minimum Gasteiger partial charge on any atom is -0.493 e. The first-order chi connectivity index (χ1) is 17.1. The summed E-state index contributed by atoms with van der Waals surface area (Å²) in [6.45, 7) is 6.20. The highest BCUT2D eigenvalue weighted by Gasteiger charge is 2.14. The topological polar surface area (TPSA) is 65.4 Å². The molecule has 0 bridgehead atoms. The Labute approximate surface area is 207 Å². The molecule has 1 saturated heterocycles. The lowest BCUT2D eigenvalue weighted by molar-refractivity contribution is 0.122. The Balaban J connectivity index is 1.46. The van der Waals surface area contributed by atoms with Crippen molar-refractivity contribution in [3.05, 3.63) is 77.0 Å². The van der Waals surface area contributed by atoms with Crippen LogP contribution in [0.15, 0.2) is 59.6 Å². The van der Waals surface area contributed by atoms with E-state index >= 15 is 0 Å². The summed E-state index contributed by atoms with van der Waals surface area (Å²) < 4.78 is 22.4. The minimum atomic E-state index is 0.484. The maximum Gasteiger partial charge on any atom is 0.215 e. The number of rotatable bonds is 10. The Hall–Kier alpha value is -3.58. The van der Waals surface area contributed by atoms with Crippen LogP contribution >= 0.6 is 0 Å². The van der Waals surface area contributed by atoms with Crippen LogP contribution in [0, 0.1) is 6.92 Å². The zero-order valence-corrected chi connectivity index (χ0v) is 20.7. The van der Waals surface area contributed by atoms with Gasteiger partial charge in [-0.25, -0.2) is 4.98 Å². The van der Waals surface area contributed by atoms with Gasteiger partial charge in [-0.2, -0.15) is 0 Å². The van der Waals surface area contributed by atoms with Gasteiger partial charge < -0.3 is 23.8 Å². The number of benzene rings is 2. The largest absolute Gasteiger partial charge is 0.493 e. The zero-order valence-electron chi connectivity index (χ0n) is 20.7. The summed E-state index contributed by atoms with van der Waals surface area (Å²) in [5.41, 5.74) is 5.37. The second-order valence-electron chi connectivity index (χ2n) is 8.43. The summed E-state index contributed by atoms with van der Waals surface area (Å²) in [6.07, 6.45) is 2.62. The molecule has 35 heavy (non-hydrogen) atoms. The molecule has 1 fully saturated rings. The number of morpholine rings is 1. The van der Waals surface area contributed by atoms with Crippen LogP contribution in [0.5, 0.6) is 17.4 Å². The average Bonchev–Trinajstić information content (AvgIpc) is 2.89. The second kappa shape index (κ2) is 12.2. The summed E-state index contributed by atoms with van der Waals surface area (Å²) in [4.78, 5) is 11.7. The molecular weight excluding hydrogens is 442 g/mol. The van der Waals surface area contributed by atoms with E-state index in [0.29, 0.717) is 30.5 Å². The summed E-state index contributed by atoms with van der Waals surface area (Å²) >= 11 is 0. The minimum absolute atomic E-state index is 0.484. The molecule has 1 aliphatic rings. The van der Waals surface area contributed by atoms with Crippen LogP contribution in [0.2, 0.25) is 0 Å². The van der Waals surface area contributed by atoms with E-state index in [0.717, 1.165) is 55.2 Å². The second-order valence-corrected chi connectivity index (χ2v) is 8.43. The Morgan fingerprint density at radius 2 is 1.83 bits per heavy atom. The van der Waals surface area contributed by atoms with Crippen molar-refractivity contribution >= 4 is 11.9 Å². The highest BCUT2D eigenvalue weighted by Crippen LogP contribution is 2.28. The van der Waals surface area contributed by atoms with Gasteiger partial charge in [-0.05, 0) is 36.2 Å². The molecule has 4 rings (SSSR count). The van der Waals surface area contributed by atoms with Crippen LogP contribution < -0.4 is 19.1 Å². The van der Waals surface area contributed by atoms with Crippen LogP contribution in [0.4, 0.5) is 5.69 Å². The average molecular weight is 476 g/mol. The van der Waals surface area contributed by atoms with Crippen molar-refractivity contribution in [1.29, 1.82) is 0 Å². The number of aliphatic imine (C=N–C) groups is 1. The fraction of sp³-hybridized carbons (Fsp3) is 0.357. The van der Waals surface area contributed by atoms with Gasteiger partial charge in [-0.15, -0.1) is 0 Å². The van der Waals surface area contributed by atoms with Gasteiger partial charge in [0.15, 0.2) is 11.5 Å². The smallest absolute Gasteiger partial charge is 0.215 e. The Morgan fingerprint density at radius 1 is 1.00 bits per heavy atom. The van der Waals surface area contributed by atoms with Gasteiger partial charge in [0.1, 0.15) is 0 Å². The third-order valence-electron chi connectivity index (χ3n) is 5.84. The number of aryl methyl sites for hydroxylation is 1. The highest BCUT2D eigenvalue weighted by atomic mass is 16.5. The van der Waals surface area contributed by atoms with Gasteiger partial charge in [-0.1, -0.05) is 35.9 Å². The van der Waals surface area contributed by atoms with Gasteiger partial charge in [-0.3, -0.25) is 4.99 Å². The SMILES string of the molecule is COc1ccc(CCOc2cc(N3CCOCC3)cc(CN=Cc3cccc(C)c3)n2)cc1OC. The predicted molar refractivity (Wildman–Crippen MR) is 138 cm³/mol. The maximum atomic E-state index is 6.10. The van der Waals surface area contributed by atoms with Crippen molar-refractivity contribution in [1.82, 2.24) is 4.98 Å². The summed E-state index contributed by atoms with van der Waals surface area (Å²) in [5, 5.41) is 0. The first-order valence-electron chi connectivity index (χ1n) is 11.9. The molecule has 0 spiro atoms. The number of hydrogen-bond acceptors (Lipinski definition) is 7. The number of ether oxygens (including phenoxy) is 4. The molecule has 3 aromatic rings. The first kappa shape index (κ1) is 24.5. The van der Waals surface area contributed by atoms with Crippen LogP contribution in [-0.2, 0) is 17.7 Å². The number of anilines is 1. The van der Waals surface area contributed by atoms with Gasteiger partial charge >= 0.3 is 0 Å². The van der Waals surface area contributed by atoms with E-state index in [-0.39, 0.29) is 0 Å². The van der Waals surface area contributed by atoms with Gasteiger partial charge in [0.05, 0.1) is 46.3 Å². The summed E-state index contributed by atoms with van der Waals surface area (Å²) in [7, 11) is 3.28. The third kappa shape index (κ3) is 6.96. The molecule has 1 aromatic heterocycles. The Bertz CT molecular complexity index is 1140. The molecule has 2 aromatic carbocycles. The van der Waals surface area contributed by atoms with Gasteiger partial charge in [0.25, 0.3) is 0 Å². The molecule has 0 aliphatic carbocycles. The monoisotopic (exact) mass is 475 g/mol. The van der Waals surface area contributed by atoms with E-state index in [1.165, 1.54) is 5.56 Å². The number of pyridine rings is 1. The van der Waals surface area contributed by atoms with E-state index < -0.39 is 0 Å². The molecule has 184 valence electrons. The van der Waals surface area contributed by atoms with Crippen LogP contribution in [-0.4, -0.2) is 58.3 Å². The van der Waals surface area contributed by atoms with Crippen molar-refractivity contribution in [2.45, 2.75) is 19.9 Å². The van der Waals surface area contributed by atoms with E-state index in [4.69, 9.17) is 23.9 Å². The molecule has 0 unspecified atom stereocenters. The number of methoxy groups -OCH3 is 2. The molecular formula is C28H33N3O4. The standard InChI is InChI=1S/C28H33N3O4/c1-21-5-4-6-23(15-21)19-29-20-24-17-25(31-10-13-34-14-11-31)18-28(30-24)35-12-9-22-7-8-26(32-2)27(16-22)33-3/h4-8,15-19H,9-14,20H2,1-3H3. The van der Waals surface area contributed by atoms with Crippen molar-refractivity contribution in [2.24, 2.45) is 4.99 Å². The van der Waals surface area contributed by atoms with Gasteiger partial charge in [0.2, 0.25) is 5.88 Å². The molecule has 1 aliphatic heterocycles. The Kier molecular flexibility index (Phi) is 8.57. The number of nitrogens with zero attached hydrogens (tertiary/aromatic N) is 3. The van der Waals surface area contributed by atoms with E-state index in [9.17, 15) is 0 Å². The van der Waals surface area contributed by atoms with Crippen LogP contribution in [0.25, 0.3) is 0 Å². The van der Waals surface area contributed by atoms with Crippen molar-refractivity contribution in [3.63, 3.8) is 0 Å². The molecule has 2 heterocycles.